The van der Waals surface area contributed by atoms with Gasteiger partial charge in [-0.15, -0.1) is 0 Å². The van der Waals surface area contributed by atoms with Gasteiger partial charge >= 0.3 is 0 Å². The van der Waals surface area contributed by atoms with Crippen LogP contribution in [0.2, 0.25) is 0 Å². The molecule has 0 saturated carbocycles. The van der Waals surface area contributed by atoms with Crippen molar-refractivity contribution in [3.05, 3.63) is 109 Å². The van der Waals surface area contributed by atoms with Crippen molar-refractivity contribution in [2.24, 2.45) is 0 Å². The molecule has 1 aliphatic rings. The van der Waals surface area contributed by atoms with Crippen LogP contribution in [0.15, 0.2) is 97.5 Å². The molecule has 3 heterocycles. The van der Waals surface area contributed by atoms with Crippen LogP contribution in [0.5, 0.6) is 0 Å². The number of nitrogens with zero attached hydrogens (tertiary/aromatic N) is 3. The van der Waals surface area contributed by atoms with Gasteiger partial charge in [0.25, 0.3) is 0 Å². The smallest absolute Gasteiger partial charge is 0.130 e. The minimum absolute atomic E-state index is 0.746. The van der Waals surface area contributed by atoms with E-state index >= 15 is 0 Å². The highest BCUT2D eigenvalue weighted by Gasteiger charge is 2.10. The number of benzene rings is 1. The Morgan fingerprint density at radius 2 is 1.90 bits per heavy atom. The second kappa shape index (κ2) is 8.78. The van der Waals surface area contributed by atoms with Crippen LogP contribution < -0.4 is 10.2 Å². The Kier molecular flexibility index (Phi) is 5.75. The maximum absolute atomic E-state index is 4.55. The lowest BCUT2D eigenvalue weighted by Crippen LogP contribution is -2.27. The lowest BCUT2D eigenvalue weighted by molar-refractivity contribution is 0.907. The van der Waals surface area contributed by atoms with Gasteiger partial charge in [-0.1, -0.05) is 49.6 Å². The predicted molar refractivity (Wildman–Crippen MR) is 126 cm³/mol. The number of hydrogen-bond acceptors (Lipinski definition) is 4. The van der Waals surface area contributed by atoms with Crippen LogP contribution in [0.25, 0.3) is 11.1 Å². The van der Waals surface area contributed by atoms with Crippen LogP contribution in [0.3, 0.4) is 0 Å². The molecule has 0 atom stereocenters. The molecule has 1 aromatic carbocycles. The molecule has 4 rings (SSSR count). The van der Waals surface area contributed by atoms with Crippen molar-refractivity contribution >= 4 is 11.5 Å². The van der Waals surface area contributed by atoms with E-state index in [4.69, 9.17) is 0 Å². The Hall–Kier alpha value is -3.66. The fraction of sp³-hybridized carbons (Fsp3) is 0.154. The molecule has 3 aromatic rings. The van der Waals surface area contributed by atoms with E-state index < -0.39 is 0 Å². The number of rotatable bonds is 6. The fourth-order valence-corrected chi connectivity index (χ4v) is 3.56. The van der Waals surface area contributed by atoms with Crippen molar-refractivity contribution in [1.29, 1.82) is 0 Å². The number of hydrogen-bond donors (Lipinski definition) is 1. The highest BCUT2D eigenvalue weighted by Crippen LogP contribution is 2.22. The van der Waals surface area contributed by atoms with Crippen LogP contribution in [-0.2, 0) is 6.42 Å². The summed E-state index contributed by atoms with van der Waals surface area (Å²) in [7, 11) is 0. The second-order valence-corrected chi connectivity index (χ2v) is 7.63. The first-order valence-corrected chi connectivity index (χ1v) is 10.1. The van der Waals surface area contributed by atoms with Crippen molar-refractivity contribution in [2.75, 3.05) is 23.3 Å². The van der Waals surface area contributed by atoms with Crippen molar-refractivity contribution in [3.63, 3.8) is 0 Å². The summed E-state index contributed by atoms with van der Waals surface area (Å²) in [5.74, 6) is 0.805. The fourth-order valence-electron chi connectivity index (χ4n) is 3.56. The largest absolute Gasteiger partial charge is 0.362 e. The van der Waals surface area contributed by atoms with Gasteiger partial charge < -0.3 is 10.2 Å². The van der Waals surface area contributed by atoms with Gasteiger partial charge in [-0.2, -0.15) is 0 Å². The quantitative estimate of drug-likeness (QED) is 0.595. The molecule has 1 aliphatic heterocycles. The highest BCUT2D eigenvalue weighted by molar-refractivity contribution is 5.63. The molecule has 30 heavy (non-hydrogen) atoms. The number of allylic oxidation sites excluding steroid dienone is 1. The summed E-state index contributed by atoms with van der Waals surface area (Å²) in [6, 6.07) is 16.8. The zero-order valence-electron chi connectivity index (χ0n) is 17.3. The minimum Gasteiger partial charge on any atom is -0.362 e. The van der Waals surface area contributed by atoms with E-state index in [1.807, 2.05) is 31.5 Å². The number of anilines is 2. The molecule has 0 spiro atoms. The Labute approximate surface area is 178 Å². The molecule has 150 valence electrons. The van der Waals surface area contributed by atoms with Crippen molar-refractivity contribution in [1.82, 2.24) is 9.97 Å². The summed E-state index contributed by atoms with van der Waals surface area (Å²) in [5, 5.41) is 3.32. The first-order chi connectivity index (χ1) is 14.6. The standard InChI is InChI=1S/C26H26N4/c1-19-5-4-14-30(18-19)25-10-11-26(28-17-25)29-21(3)15-22-6-8-23(9-7-22)24-12-13-27-20(2)16-24/h4-13,16-17H,1,3,14-15,18H2,2H3,(H,28,29). The summed E-state index contributed by atoms with van der Waals surface area (Å²) in [5.41, 5.74) is 7.72. The molecule has 0 saturated heterocycles. The monoisotopic (exact) mass is 394 g/mol. The average Bonchev–Trinajstić information content (AvgIpc) is 2.75. The van der Waals surface area contributed by atoms with E-state index in [1.54, 1.807) is 0 Å². The van der Waals surface area contributed by atoms with E-state index in [9.17, 15) is 0 Å². The molecule has 4 nitrogen and oxygen atoms in total. The van der Waals surface area contributed by atoms with E-state index in [-0.39, 0.29) is 0 Å². The van der Waals surface area contributed by atoms with Gasteiger partial charge in [0.15, 0.2) is 0 Å². The number of pyridine rings is 2. The van der Waals surface area contributed by atoms with Gasteiger partial charge in [-0.25, -0.2) is 4.98 Å². The molecule has 0 bridgehead atoms. The molecular weight excluding hydrogens is 368 g/mol. The summed E-state index contributed by atoms with van der Waals surface area (Å²) < 4.78 is 0. The van der Waals surface area contributed by atoms with Crippen LogP contribution in [0.4, 0.5) is 11.5 Å². The lowest BCUT2D eigenvalue weighted by atomic mass is 10.0. The molecule has 0 aliphatic carbocycles. The Balaban J connectivity index is 1.35. The molecule has 0 fully saturated rings. The van der Waals surface area contributed by atoms with Crippen LogP contribution in [0.1, 0.15) is 11.3 Å². The summed E-state index contributed by atoms with van der Waals surface area (Å²) in [6.07, 6.45) is 8.69. The SMILES string of the molecule is C=C1C=CCN(c2ccc(NC(=C)Cc3ccc(-c4ccnc(C)c4)cc3)nc2)C1. The average molecular weight is 395 g/mol. The van der Waals surface area contributed by atoms with Crippen molar-refractivity contribution < 1.29 is 0 Å². The Morgan fingerprint density at radius 3 is 2.60 bits per heavy atom. The first-order valence-electron chi connectivity index (χ1n) is 10.1. The third kappa shape index (κ3) is 4.84. The third-order valence-corrected chi connectivity index (χ3v) is 5.09. The summed E-state index contributed by atoms with van der Waals surface area (Å²) in [4.78, 5) is 11.1. The number of aryl methyl sites for hydroxylation is 1. The molecule has 4 heteroatoms. The van der Waals surface area contributed by atoms with Crippen LogP contribution >= 0.6 is 0 Å². The Morgan fingerprint density at radius 1 is 1.07 bits per heavy atom. The molecule has 0 amide bonds. The molecule has 1 N–H and O–H groups in total. The number of aromatic nitrogens is 2. The van der Waals surface area contributed by atoms with Gasteiger partial charge in [0, 0.05) is 37.1 Å². The van der Waals surface area contributed by atoms with E-state index in [0.717, 1.165) is 48.0 Å². The number of nitrogens with one attached hydrogen (secondary N) is 1. The van der Waals surface area contributed by atoms with Gasteiger partial charge in [0.2, 0.25) is 0 Å². The maximum atomic E-state index is 4.55. The van der Waals surface area contributed by atoms with Crippen LogP contribution in [0, 0.1) is 6.92 Å². The topological polar surface area (TPSA) is 41.0 Å². The summed E-state index contributed by atoms with van der Waals surface area (Å²) >= 11 is 0. The lowest BCUT2D eigenvalue weighted by Gasteiger charge is -2.26. The normalized spacial score (nSPS) is 13.4. The van der Waals surface area contributed by atoms with E-state index in [0.29, 0.717) is 0 Å². The van der Waals surface area contributed by atoms with Gasteiger partial charge in [0.05, 0.1) is 11.9 Å². The summed E-state index contributed by atoms with van der Waals surface area (Å²) in [6.45, 7) is 11.9. The third-order valence-electron chi connectivity index (χ3n) is 5.09. The zero-order valence-corrected chi connectivity index (χ0v) is 17.3. The van der Waals surface area contributed by atoms with E-state index in [1.165, 1.54) is 16.7 Å². The zero-order chi connectivity index (χ0) is 20.9. The Bertz CT molecular complexity index is 1080. The first kappa shape index (κ1) is 19.6. The molecule has 0 radical (unpaired) electrons. The van der Waals surface area contributed by atoms with E-state index in [2.05, 4.69) is 81.9 Å². The predicted octanol–water partition coefficient (Wildman–Crippen LogP) is 5.55. The molecular formula is C26H26N4. The van der Waals surface area contributed by atoms with Gasteiger partial charge in [-0.05, 0) is 53.5 Å². The van der Waals surface area contributed by atoms with Crippen molar-refractivity contribution in [3.8, 4) is 11.1 Å². The van der Waals surface area contributed by atoms with Gasteiger partial charge in [0.1, 0.15) is 5.82 Å². The highest BCUT2D eigenvalue weighted by atomic mass is 15.1. The van der Waals surface area contributed by atoms with Gasteiger partial charge in [-0.3, -0.25) is 4.98 Å². The maximum Gasteiger partial charge on any atom is 0.130 e. The van der Waals surface area contributed by atoms with Crippen molar-refractivity contribution in [2.45, 2.75) is 13.3 Å². The van der Waals surface area contributed by atoms with Crippen LogP contribution in [-0.4, -0.2) is 23.1 Å². The second-order valence-electron chi connectivity index (χ2n) is 7.63. The minimum atomic E-state index is 0.746. The molecule has 0 unspecified atom stereocenters. The molecule has 2 aromatic heterocycles.